The van der Waals surface area contributed by atoms with E-state index in [1.807, 2.05) is 0 Å². The van der Waals surface area contributed by atoms with Crippen LogP contribution in [-0.4, -0.2) is 6.61 Å². The summed E-state index contributed by atoms with van der Waals surface area (Å²) in [5, 5.41) is 0. The van der Waals surface area contributed by atoms with E-state index in [0.29, 0.717) is 17.9 Å². The third kappa shape index (κ3) is 8.33. The van der Waals surface area contributed by atoms with Gasteiger partial charge < -0.3 is 4.74 Å². The quantitative estimate of drug-likeness (QED) is 0.179. The van der Waals surface area contributed by atoms with Crippen LogP contribution in [0.1, 0.15) is 96.0 Å². The number of hydrogen-bond donors (Lipinski definition) is 0. The van der Waals surface area contributed by atoms with E-state index in [-0.39, 0.29) is 0 Å². The molecule has 0 bridgehead atoms. The number of rotatable bonds is 11. The minimum absolute atomic E-state index is 0.511. The lowest BCUT2D eigenvalue weighted by molar-refractivity contribution is -0.0546. The molecule has 2 aliphatic rings. The van der Waals surface area contributed by atoms with Crippen LogP contribution >= 0.6 is 0 Å². The topological polar surface area (TPSA) is 9.23 Å². The molecule has 0 heterocycles. The average Bonchev–Trinajstić information content (AvgIpc) is 2.81. The van der Waals surface area contributed by atoms with E-state index in [2.05, 4.69) is 23.8 Å². The first-order valence-electron chi connectivity index (χ1n) is 13.0. The van der Waals surface area contributed by atoms with Crippen LogP contribution in [0.2, 0.25) is 0 Å². The van der Waals surface area contributed by atoms with Crippen LogP contribution in [-0.2, 0) is 6.42 Å². The molecule has 0 spiro atoms. The fraction of sp³-hybridized carbons (Fsp3) is 0.714. The fourth-order valence-corrected chi connectivity index (χ4v) is 6.03. The monoisotopic (exact) mass is 468 g/mol. The molecule has 33 heavy (non-hydrogen) atoms. The van der Waals surface area contributed by atoms with E-state index >= 15 is 0 Å². The Hall–Kier alpha value is -1.52. The van der Waals surface area contributed by atoms with Crippen molar-refractivity contribution in [3.63, 3.8) is 0 Å². The Morgan fingerprint density at radius 2 is 1.39 bits per heavy atom. The first-order valence-corrected chi connectivity index (χ1v) is 13.0. The van der Waals surface area contributed by atoms with Crippen LogP contribution in [0.15, 0.2) is 24.3 Å². The van der Waals surface area contributed by atoms with Gasteiger partial charge >= 0.3 is 6.61 Å². The highest BCUT2D eigenvalue weighted by Crippen LogP contribution is 2.43. The van der Waals surface area contributed by atoms with Gasteiger partial charge in [-0.25, -0.2) is 8.78 Å². The molecule has 3 rings (SSSR count). The average molecular weight is 469 g/mol. The molecule has 0 saturated heterocycles. The zero-order chi connectivity index (χ0) is 23.6. The molecular weight excluding hydrogens is 428 g/mol. The van der Waals surface area contributed by atoms with Crippen LogP contribution in [0.4, 0.5) is 17.6 Å². The van der Waals surface area contributed by atoms with E-state index in [9.17, 15) is 17.6 Å². The summed E-state index contributed by atoms with van der Waals surface area (Å²) in [7, 11) is 0. The molecule has 0 radical (unpaired) electrons. The van der Waals surface area contributed by atoms with Crippen molar-refractivity contribution in [3.8, 4) is 5.75 Å². The Labute approximate surface area is 197 Å². The van der Waals surface area contributed by atoms with E-state index in [1.165, 1.54) is 70.6 Å². The van der Waals surface area contributed by atoms with E-state index in [4.69, 9.17) is 0 Å². The summed E-state index contributed by atoms with van der Waals surface area (Å²) in [5.74, 6) is 0.132. The van der Waals surface area contributed by atoms with Gasteiger partial charge in [0.25, 0.3) is 0 Å². The van der Waals surface area contributed by atoms with Gasteiger partial charge in [0.2, 0.25) is 0 Å². The molecule has 2 saturated carbocycles. The van der Waals surface area contributed by atoms with Crippen LogP contribution in [0, 0.1) is 35.3 Å². The van der Waals surface area contributed by atoms with Crippen molar-refractivity contribution in [2.75, 3.05) is 0 Å². The maximum Gasteiger partial charge on any atom is 0.387 e. The van der Waals surface area contributed by atoms with Gasteiger partial charge in [-0.3, -0.25) is 0 Å². The Balaban J connectivity index is 1.35. The van der Waals surface area contributed by atoms with Crippen LogP contribution in [0.25, 0.3) is 0 Å². The molecule has 1 aromatic rings. The van der Waals surface area contributed by atoms with Crippen LogP contribution < -0.4 is 4.74 Å². The number of unbranched alkanes of at least 4 members (excludes halogenated alkanes) is 1. The second kappa shape index (κ2) is 13.4. The molecule has 0 unspecified atom stereocenters. The van der Waals surface area contributed by atoms with Gasteiger partial charge in [-0.1, -0.05) is 51.2 Å². The highest BCUT2D eigenvalue weighted by molar-refractivity contribution is 5.31. The van der Waals surface area contributed by atoms with E-state index in [0.717, 1.165) is 42.7 Å². The molecule has 0 N–H and O–H groups in total. The number of benzene rings is 1. The van der Waals surface area contributed by atoms with Crippen molar-refractivity contribution in [1.29, 1.82) is 0 Å². The summed E-state index contributed by atoms with van der Waals surface area (Å²) in [6.07, 6.45) is 21.6. The number of aryl methyl sites for hydroxylation is 1. The Kier molecular flexibility index (Phi) is 10.6. The lowest BCUT2D eigenvalue weighted by Gasteiger charge is -2.38. The molecule has 1 aromatic carbocycles. The van der Waals surface area contributed by atoms with Gasteiger partial charge in [0.1, 0.15) is 0 Å². The molecule has 1 nitrogen and oxygen atoms in total. The first-order chi connectivity index (χ1) is 16.0. The molecule has 0 aromatic heterocycles. The van der Waals surface area contributed by atoms with Gasteiger partial charge in [-0.2, -0.15) is 8.78 Å². The highest BCUT2D eigenvalue weighted by Gasteiger charge is 2.30. The van der Waals surface area contributed by atoms with Crippen LogP contribution in [0.3, 0.4) is 0 Å². The van der Waals surface area contributed by atoms with Gasteiger partial charge in [0.05, 0.1) is 0 Å². The second-order valence-corrected chi connectivity index (χ2v) is 10.2. The third-order valence-electron chi connectivity index (χ3n) is 7.94. The Bertz CT molecular complexity index is 708. The number of alkyl halides is 2. The smallest absolute Gasteiger partial charge is 0.387 e. The number of ether oxygens (including phenoxy) is 1. The number of halogens is 4. The maximum atomic E-state index is 13.9. The lowest BCUT2D eigenvalue weighted by Crippen LogP contribution is -2.26. The third-order valence-corrected chi connectivity index (χ3v) is 7.94. The Morgan fingerprint density at radius 1 is 0.848 bits per heavy atom. The fourth-order valence-electron chi connectivity index (χ4n) is 6.03. The molecule has 0 atom stereocenters. The van der Waals surface area contributed by atoms with Gasteiger partial charge in [-0.05, 0) is 99.2 Å². The van der Waals surface area contributed by atoms with Gasteiger partial charge in [0.15, 0.2) is 17.4 Å². The molecule has 2 fully saturated rings. The number of hydrogen-bond acceptors (Lipinski definition) is 1. The van der Waals surface area contributed by atoms with E-state index < -0.39 is 24.0 Å². The zero-order valence-corrected chi connectivity index (χ0v) is 20.0. The van der Waals surface area contributed by atoms with Crippen molar-refractivity contribution in [3.05, 3.63) is 41.5 Å². The summed E-state index contributed by atoms with van der Waals surface area (Å²) in [6, 6.07) is 2.26. The van der Waals surface area contributed by atoms with Crippen molar-refractivity contribution in [1.82, 2.24) is 0 Å². The summed E-state index contributed by atoms with van der Waals surface area (Å²) in [6.45, 7) is -1.05. The van der Waals surface area contributed by atoms with Gasteiger partial charge in [-0.15, -0.1) is 0 Å². The first kappa shape index (κ1) is 26.1. The highest BCUT2D eigenvalue weighted by atomic mass is 19.3. The molecule has 0 aliphatic heterocycles. The largest absolute Gasteiger partial charge is 0.429 e. The molecule has 0 amide bonds. The zero-order valence-electron chi connectivity index (χ0n) is 20.0. The van der Waals surface area contributed by atoms with Crippen molar-refractivity contribution in [2.45, 2.75) is 103 Å². The van der Waals surface area contributed by atoms with E-state index in [1.54, 1.807) is 0 Å². The van der Waals surface area contributed by atoms with Gasteiger partial charge in [0, 0.05) is 0 Å². The van der Waals surface area contributed by atoms with Crippen molar-refractivity contribution < 1.29 is 22.3 Å². The van der Waals surface area contributed by atoms with Crippen LogP contribution in [0.5, 0.6) is 5.75 Å². The summed E-state index contributed by atoms with van der Waals surface area (Å²) in [5.41, 5.74) is 0.511. The molecule has 186 valence electrons. The number of allylic oxidation sites excluding steroid dienone is 2. The SMILES string of the molecule is CCC=CCCCC1CCC(C2CCC(CCc3cc(F)c(OC(F)F)c(F)c3)CC2)CC1. The standard InChI is InChI=1S/C28H40F4O/c1-2-3-4-5-6-7-20-10-14-23(15-11-20)24-16-12-21(13-17-24)8-9-22-18-25(29)27(26(30)19-22)33-28(31)32/h3-4,18-21,23-24,28H,2,5-17H2,1H3. The summed E-state index contributed by atoms with van der Waals surface area (Å²) in [4.78, 5) is 0. The minimum atomic E-state index is -3.24. The minimum Gasteiger partial charge on any atom is -0.429 e. The van der Waals surface area contributed by atoms with Crippen molar-refractivity contribution in [2.24, 2.45) is 23.7 Å². The predicted molar refractivity (Wildman–Crippen MR) is 125 cm³/mol. The Morgan fingerprint density at radius 3 is 1.91 bits per heavy atom. The normalized spacial score (nSPS) is 26.2. The second-order valence-electron chi connectivity index (χ2n) is 10.2. The summed E-state index contributed by atoms with van der Waals surface area (Å²) >= 11 is 0. The molecule has 5 heteroatoms. The molecular formula is C28H40F4O. The van der Waals surface area contributed by atoms with Crippen molar-refractivity contribution >= 4 is 0 Å². The molecule has 2 aliphatic carbocycles. The lowest BCUT2D eigenvalue weighted by atomic mass is 9.68. The summed E-state index contributed by atoms with van der Waals surface area (Å²) < 4.78 is 56.4. The maximum absolute atomic E-state index is 13.9. The predicted octanol–water partition coefficient (Wildman–Crippen LogP) is 9.25.